The van der Waals surface area contributed by atoms with Gasteiger partial charge in [-0.1, -0.05) is 13.8 Å². The number of halogens is 2. The van der Waals surface area contributed by atoms with Crippen LogP contribution in [0.15, 0.2) is 18.2 Å². The first-order chi connectivity index (χ1) is 7.91. The second kappa shape index (κ2) is 7.28. The molecule has 1 rings (SSSR count). The van der Waals surface area contributed by atoms with Crippen molar-refractivity contribution in [2.45, 2.75) is 32.7 Å². The Balaban J connectivity index is 0.00000289. The van der Waals surface area contributed by atoms with Crippen molar-refractivity contribution in [1.82, 2.24) is 0 Å². The van der Waals surface area contributed by atoms with E-state index in [9.17, 15) is 14.5 Å². The molecule has 0 aliphatic carbocycles. The van der Waals surface area contributed by atoms with E-state index in [0.717, 1.165) is 18.6 Å². The molecular weight excluding hydrogens is 259 g/mol. The first-order valence-electron chi connectivity index (χ1n) is 5.61. The number of hydrogen-bond acceptors (Lipinski definition) is 3. The third kappa shape index (κ3) is 4.58. The molecule has 0 unspecified atom stereocenters. The summed E-state index contributed by atoms with van der Waals surface area (Å²) in [5.41, 5.74) is 6.04. The second-order valence-corrected chi connectivity index (χ2v) is 4.54. The minimum Gasteiger partial charge on any atom is -0.324 e. The van der Waals surface area contributed by atoms with Crippen molar-refractivity contribution < 1.29 is 9.31 Å². The van der Waals surface area contributed by atoms with Gasteiger partial charge in [0.2, 0.25) is 0 Å². The number of benzene rings is 1. The highest BCUT2D eigenvalue weighted by molar-refractivity contribution is 5.85. The highest BCUT2D eigenvalue weighted by Crippen LogP contribution is 2.28. The van der Waals surface area contributed by atoms with Crippen LogP contribution in [0.3, 0.4) is 0 Å². The number of nitro groups is 1. The summed E-state index contributed by atoms with van der Waals surface area (Å²) in [6, 6.07) is 2.91. The van der Waals surface area contributed by atoms with E-state index < -0.39 is 16.8 Å². The Kier molecular flexibility index (Phi) is 6.80. The minimum absolute atomic E-state index is 0. The molecule has 18 heavy (non-hydrogen) atoms. The van der Waals surface area contributed by atoms with E-state index in [1.54, 1.807) is 0 Å². The lowest BCUT2D eigenvalue weighted by Gasteiger charge is -2.13. The molecule has 0 heterocycles. The number of hydrogen-bond donors (Lipinski definition) is 1. The number of rotatable bonds is 5. The molecule has 0 radical (unpaired) electrons. The zero-order chi connectivity index (χ0) is 13.0. The zero-order valence-electron chi connectivity index (χ0n) is 10.4. The van der Waals surface area contributed by atoms with Gasteiger partial charge in [-0.3, -0.25) is 10.1 Å². The van der Waals surface area contributed by atoms with Gasteiger partial charge in [-0.15, -0.1) is 12.4 Å². The molecule has 2 N–H and O–H groups in total. The standard InChI is InChI=1S/C12H17FN2O2.ClH/c1-8(2)3-5-11(14)10-7-9(13)4-6-12(10)15(16)17;/h4,6-8,11H,3,5,14H2,1-2H3;1H/t11-;/m0./s1. The minimum atomic E-state index is -0.524. The maximum absolute atomic E-state index is 13.1. The largest absolute Gasteiger partial charge is 0.324 e. The van der Waals surface area contributed by atoms with E-state index in [4.69, 9.17) is 5.73 Å². The first kappa shape index (κ1) is 16.8. The van der Waals surface area contributed by atoms with E-state index in [1.165, 1.54) is 6.07 Å². The van der Waals surface area contributed by atoms with Gasteiger partial charge < -0.3 is 5.73 Å². The predicted octanol–water partition coefficient (Wildman–Crippen LogP) is 3.59. The van der Waals surface area contributed by atoms with Crippen LogP contribution < -0.4 is 5.73 Å². The van der Waals surface area contributed by atoms with Crippen LogP contribution in [0.25, 0.3) is 0 Å². The molecule has 0 spiro atoms. The van der Waals surface area contributed by atoms with Gasteiger partial charge in [0.05, 0.1) is 4.92 Å². The Labute approximate surface area is 112 Å². The van der Waals surface area contributed by atoms with Crippen LogP contribution >= 0.6 is 12.4 Å². The zero-order valence-corrected chi connectivity index (χ0v) is 11.2. The molecule has 1 aromatic carbocycles. The Hall–Kier alpha value is -1.20. The Bertz CT molecular complexity index is 413. The molecule has 0 fully saturated rings. The summed E-state index contributed by atoms with van der Waals surface area (Å²) in [5, 5.41) is 10.8. The fourth-order valence-corrected chi connectivity index (χ4v) is 1.66. The molecule has 0 amide bonds. The van der Waals surface area contributed by atoms with E-state index in [1.807, 2.05) is 13.8 Å². The molecule has 4 nitrogen and oxygen atoms in total. The monoisotopic (exact) mass is 276 g/mol. The molecule has 1 atom stereocenters. The fourth-order valence-electron chi connectivity index (χ4n) is 1.66. The smallest absolute Gasteiger partial charge is 0.274 e. The summed E-state index contributed by atoms with van der Waals surface area (Å²) < 4.78 is 13.1. The second-order valence-electron chi connectivity index (χ2n) is 4.54. The molecule has 0 aromatic heterocycles. The van der Waals surface area contributed by atoms with Gasteiger partial charge >= 0.3 is 0 Å². The van der Waals surface area contributed by atoms with Gasteiger partial charge in [0.1, 0.15) is 5.82 Å². The van der Waals surface area contributed by atoms with E-state index in [0.29, 0.717) is 12.3 Å². The van der Waals surface area contributed by atoms with Crippen molar-refractivity contribution in [1.29, 1.82) is 0 Å². The van der Waals surface area contributed by atoms with Crippen molar-refractivity contribution >= 4 is 18.1 Å². The van der Waals surface area contributed by atoms with Crippen LogP contribution in [0.4, 0.5) is 10.1 Å². The maximum Gasteiger partial charge on any atom is 0.274 e. The molecule has 0 saturated carbocycles. The molecule has 1 aromatic rings. The lowest BCUT2D eigenvalue weighted by Crippen LogP contribution is -2.13. The van der Waals surface area contributed by atoms with Crippen LogP contribution in [0.5, 0.6) is 0 Å². The van der Waals surface area contributed by atoms with Crippen LogP contribution in [0.1, 0.15) is 38.3 Å². The highest BCUT2D eigenvalue weighted by atomic mass is 35.5. The first-order valence-corrected chi connectivity index (χ1v) is 5.61. The van der Waals surface area contributed by atoms with Crippen LogP contribution in [0, 0.1) is 21.8 Å². The number of nitro benzene ring substituents is 1. The molecule has 102 valence electrons. The third-order valence-electron chi connectivity index (χ3n) is 2.64. The topological polar surface area (TPSA) is 69.2 Å². The van der Waals surface area contributed by atoms with Crippen molar-refractivity contribution in [2.24, 2.45) is 11.7 Å². The highest BCUT2D eigenvalue weighted by Gasteiger charge is 2.20. The van der Waals surface area contributed by atoms with Gasteiger partial charge in [0, 0.05) is 17.7 Å². The summed E-state index contributed by atoms with van der Waals surface area (Å²) in [5.74, 6) is -0.0285. The average molecular weight is 277 g/mol. The summed E-state index contributed by atoms with van der Waals surface area (Å²) in [4.78, 5) is 10.3. The van der Waals surface area contributed by atoms with Crippen LogP contribution in [0.2, 0.25) is 0 Å². The van der Waals surface area contributed by atoms with Gasteiger partial charge in [-0.25, -0.2) is 4.39 Å². The lowest BCUT2D eigenvalue weighted by molar-refractivity contribution is -0.385. The Morgan fingerprint density at radius 3 is 2.50 bits per heavy atom. The van der Waals surface area contributed by atoms with Crippen LogP contribution in [-0.4, -0.2) is 4.92 Å². The van der Waals surface area contributed by atoms with Crippen molar-refractivity contribution in [3.8, 4) is 0 Å². The molecule has 0 saturated heterocycles. The normalized spacial score (nSPS) is 12.1. The van der Waals surface area contributed by atoms with Crippen molar-refractivity contribution in [3.63, 3.8) is 0 Å². The van der Waals surface area contributed by atoms with Gasteiger partial charge in [-0.05, 0) is 30.9 Å². The lowest BCUT2D eigenvalue weighted by atomic mass is 9.97. The van der Waals surface area contributed by atoms with E-state index in [2.05, 4.69) is 0 Å². The van der Waals surface area contributed by atoms with Gasteiger partial charge in [0.25, 0.3) is 5.69 Å². The third-order valence-corrected chi connectivity index (χ3v) is 2.64. The summed E-state index contributed by atoms with van der Waals surface area (Å²) in [6.07, 6.45) is 1.47. The maximum atomic E-state index is 13.1. The molecule has 6 heteroatoms. The van der Waals surface area contributed by atoms with Gasteiger partial charge in [0.15, 0.2) is 0 Å². The predicted molar refractivity (Wildman–Crippen MR) is 71.3 cm³/mol. The fraction of sp³-hybridized carbons (Fsp3) is 0.500. The SMILES string of the molecule is CC(C)CC[C@H](N)c1cc(F)ccc1[N+](=O)[O-].Cl. The summed E-state index contributed by atoms with van der Waals surface area (Å²) >= 11 is 0. The molecule has 0 aliphatic heterocycles. The number of nitrogens with two attached hydrogens (primary N) is 1. The summed E-state index contributed by atoms with van der Waals surface area (Å²) in [6.45, 7) is 4.10. The Morgan fingerprint density at radius 2 is 2.00 bits per heavy atom. The van der Waals surface area contributed by atoms with Gasteiger partial charge in [-0.2, -0.15) is 0 Å². The molecular formula is C12H18ClFN2O2. The van der Waals surface area contributed by atoms with E-state index in [-0.39, 0.29) is 23.7 Å². The van der Waals surface area contributed by atoms with Crippen LogP contribution in [-0.2, 0) is 0 Å². The molecule has 0 bridgehead atoms. The Morgan fingerprint density at radius 1 is 1.39 bits per heavy atom. The van der Waals surface area contributed by atoms with Crippen molar-refractivity contribution in [3.05, 3.63) is 39.7 Å². The van der Waals surface area contributed by atoms with Crippen molar-refractivity contribution in [2.75, 3.05) is 0 Å². The quantitative estimate of drug-likeness (QED) is 0.660. The summed E-state index contributed by atoms with van der Waals surface area (Å²) in [7, 11) is 0. The van der Waals surface area contributed by atoms with E-state index >= 15 is 0 Å². The number of nitrogens with zero attached hydrogens (tertiary/aromatic N) is 1. The average Bonchev–Trinajstić information content (AvgIpc) is 2.25. The molecule has 0 aliphatic rings.